The van der Waals surface area contributed by atoms with Crippen LogP contribution in [0.5, 0.6) is 0 Å². The number of carbonyl (C=O) groups excluding carboxylic acids is 2. The standard InChI is InChI=1S/C22H25NO5S/c1-3-15(2)23-29(26,27)20-11-9-17(10-12-20)22(25)28-14-21(24)19-8-7-16-5-4-6-18(16)13-19/h7-13,15,23H,3-6,14H2,1-2H3/t15-/m0/s1. The normalized spacial score (nSPS) is 14.3. The van der Waals surface area contributed by atoms with E-state index in [-0.39, 0.29) is 28.9 Å². The Morgan fingerprint density at radius 1 is 1.03 bits per heavy atom. The smallest absolute Gasteiger partial charge is 0.338 e. The van der Waals surface area contributed by atoms with Crippen molar-refractivity contribution in [1.29, 1.82) is 0 Å². The average molecular weight is 416 g/mol. The number of esters is 1. The summed E-state index contributed by atoms with van der Waals surface area (Å²) in [4.78, 5) is 24.6. The molecule has 1 aliphatic rings. The van der Waals surface area contributed by atoms with Crippen LogP contribution in [0.3, 0.4) is 0 Å². The van der Waals surface area contributed by atoms with Gasteiger partial charge in [-0.05, 0) is 74.1 Å². The van der Waals surface area contributed by atoms with Crippen LogP contribution in [-0.2, 0) is 27.6 Å². The first kappa shape index (κ1) is 21.2. The largest absolute Gasteiger partial charge is 0.454 e. The first-order valence-corrected chi connectivity index (χ1v) is 11.2. The van der Waals surface area contributed by atoms with E-state index in [9.17, 15) is 18.0 Å². The molecule has 0 radical (unpaired) electrons. The molecule has 6 nitrogen and oxygen atoms in total. The van der Waals surface area contributed by atoms with Crippen molar-refractivity contribution in [3.05, 3.63) is 64.7 Å². The van der Waals surface area contributed by atoms with Crippen LogP contribution >= 0.6 is 0 Å². The zero-order chi connectivity index (χ0) is 21.0. The molecule has 0 aliphatic heterocycles. The third-order valence-electron chi connectivity index (χ3n) is 5.12. The van der Waals surface area contributed by atoms with Crippen molar-refractivity contribution < 1.29 is 22.7 Å². The minimum Gasteiger partial charge on any atom is -0.454 e. The Morgan fingerprint density at radius 2 is 1.69 bits per heavy atom. The average Bonchev–Trinajstić information content (AvgIpc) is 3.19. The molecule has 154 valence electrons. The Morgan fingerprint density at radius 3 is 2.38 bits per heavy atom. The van der Waals surface area contributed by atoms with Gasteiger partial charge in [0.2, 0.25) is 10.0 Å². The van der Waals surface area contributed by atoms with Crippen LogP contribution in [0.4, 0.5) is 0 Å². The van der Waals surface area contributed by atoms with Gasteiger partial charge in [-0.25, -0.2) is 17.9 Å². The zero-order valence-corrected chi connectivity index (χ0v) is 17.4. The predicted molar refractivity (Wildman–Crippen MR) is 110 cm³/mol. The highest BCUT2D eigenvalue weighted by molar-refractivity contribution is 7.89. The topological polar surface area (TPSA) is 89.5 Å². The number of ether oxygens (including phenoxy) is 1. The maximum absolute atomic E-state index is 12.3. The van der Waals surface area contributed by atoms with Gasteiger partial charge in [-0.2, -0.15) is 0 Å². The van der Waals surface area contributed by atoms with Gasteiger partial charge in [0.25, 0.3) is 0 Å². The van der Waals surface area contributed by atoms with Gasteiger partial charge < -0.3 is 4.74 Å². The summed E-state index contributed by atoms with van der Waals surface area (Å²) in [5, 5.41) is 0. The van der Waals surface area contributed by atoms with Gasteiger partial charge in [0.1, 0.15) is 0 Å². The van der Waals surface area contributed by atoms with Crippen molar-refractivity contribution in [1.82, 2.24) is 4.72 Å². The molecule has 0 spiro atoms. The molecule has 3 rings (SSSR count). The summed E-state index contributed by atoms with van der Waals surface area (Å²) in [5.74, 6) is -0.927. The van der Waals surface area contributed by atoms with E-state index in [0.717, 1.165) is 19.3 Å². The second kappa shape index (κ2) is 8.88. The van der Waals surface area contributed by atoms with Gasteiger partial charge in [0, 0.05) is 11.6 Å². The first-order valence-electron chi connectivity index (χ1n) is 9.74. The Balaban J connectivity index is 1.60. The highest BCUT2D eigenvalue weighted by atomic mass is 32.2. The lowest BCUT2D eigenvalue weighted by Gasteiger charge is -2.12. The number of carbonyl (C=O) groups is 2. The van der Waals surface area contributed by atoms with Crippen molar-refractivity contribution in [2.75, 3.05) is 6.61 Å². The molecule has 1 aliphatic carbocycles. The summed E-state index contributed by atoms with van der Waals surface area (Å²) in [7, 11) is -3.64. The molecule has 0 amide bonds. The minimum atomic E-state index is -3.64. The van der Waals surface area contributed by atoms with Crippen LogP contribution < -0.4 is 4.72 Å². The van der Waals surface area contributed by atoms with E-state index < -0.39 is 16.0 Å². The van der Waals surface area contributed by atoms with E-state index in [2.05, 4.69) is 4.72 Å². The molecule has 1 atom stereocenters. The highest BCUT2D eigenvalue weighted by Crippen LogP contribution is 2.23. The predicted octanol–water partition coefficient (Wildman–Crippen LogP) is 3.29. The first-order chi connectivity index (χ1) is 13.8. The molecule has 0 unspecified atom stereocenters. The van der Waals surface area contributed by atoms with Crippen LogP contribution in [0.1, 0.15) is 58.5 Å². The molecular formula is C22H25NO5S. The number of rotatable bonds is 8. The monoisotopic (exact) mass is 415 g/mol. The van der Waals surface area contributed by atoms with Gasteiger partial charge >= 0.3 is 5.97 Å². The number of fused-ring (bicyclic) bond motifs is 1. The van der Waals surface area contributed by atoms with E-state index in [1.807, 2.05) is 19.1 Å². The van der Waals surface area contributed by atoms with Crippen LogP contribution in [0.2, 0.25) is 0 Å². The van der Waals surface area contributed by atoms with E-state index in [0.29, 0.717) is 12.0 Å². The lowest BCUT2D eigenvalue weighted by atomic mass is 10.0. The third-order valence-corrected chi connectivity index (χ3v) is 6.73. The van der Waals surface area contributed by atoms with Gasteiger partial charge in [-0.15, -0.1) is 0 Å². The summed E-state index contributed by atoms with van der Waals surface area (Å²) in [6.07, 6.45) is 3.78. The second-order valence-electron chi connectivity index (χ2n) is 7.29. The lowest BCUT2D eigenvalue weighted by molar-refractivity contribution is 0.0474. The molecule has 29 heavy (non-hydrogen) atoms. The number of Topliss-reactive ketones (excluding diaryl/α,β-unsaturated/α-hetero) is 1. The molecule has 0 heterocycles. The van der Waals surface area contributed by atoms with Crippen LogP contribution in [0.25, 0.3) is 0 Å². The fourth-order valence-corrected chi connectivity index (χ4v) is 4.56. The number of benzene rings is 2. The Labute approximate surface area is 171 Å². The van der Waals surface area contributed by atoms with Crippen molar-refractivity contribution in [3.63, 3.8) is 0 Å². The lowest BCUT2D eigenvalue weighted by Crippen LogP contribution is -2.32. The summed E-state index contributed by atoms with van der Waals surface area (Å²) in [5.41, 5.74) is 3.19. The molecule has 7 heteroatoms. The van der Waals surface area contributed by atoms with Crippen LogP contribution in [-0.4, -0.2) is 32.8 Å². The summed E-state index contributed by atoms with van der Waals surface area (Å²) >= 11 is 0. The molecule has 2 aromatic rings. The van der Waals surface area contributed by atoms with Crippen molar-refractivity contribution in [2.24, 2.45) is 0 Å². The van der Waals surface area contributed by atoms with E-state index in [4.69, 9.17) is 4.74 Å². The molecule has 0 saturated carbocycles. The number of ketones is 1. The fourth-order valence-electron chi connectivity index (χ4n) is 3.23. The zero-order valence-electron chi connectivity index (χ0n) is 16.6. The molecular weight excluding hydrogens is 390 g/mol. The molecule has 0 bridgehead atoms. The molecule has 2 aromatic carbocycles. The maximum atomic E-state index is 12.3. The van der Waals surface area contributed by atoms with Crippen LogP contribution in [0.15, 0.2) is 47.4 Å². The second-order valence-corrected chi connectivity index (χ2v) is 9.01. The Bertz CT molecular complexity index is 1010. The van der Waals surface area contributed by atoms with E-state index >= 15 is 0 Å². The van der Waals surface area contributed by atoms with E-state index in [1.165, 1.54) is 35.4 Å². The van der Waals surface area contributed by atoms with Crippen molar-refractivity contribution >= 4 is 21.8 Å². The molecule has 0 aromatic heterocycles. The number of nitrogens with one attached hydrogen (secondary N) is 1. The van der Waals surface area contributed by atoms with E-state index in [1.54, 1.807) is 13.0 Å². The number of aryl methyl sites for hydroxylation is 2. The Hall–Kier alpha value is -2.51. The quantitative estimate of drug-likeness (QED) is 0.528. The summed E-state index contributed by atoms with van der Waals surface area (Å²) in [6, 6.07) is 10.9. The van der Waals surface area contributed by atoms with Crippen molar-refractivity contribution in [2.45, 2.75) is 50.5 Å². The molecule has 1 N–H and O–H groups in total. The number of hydrogen-bond acceptors (Lipinski definition) is 5. The summed E-state index contributed by atoms with van der Waals surface area (Å²) < 4.78 is 32.2. The van der Waals surface area contributed by atoms with Crippen molar-refractivity contribution in [3.8, 4) is 0 Å². The molecule has 0 saturated heterocycles. The maximum Gasteiger partial charge on any atom is 0.338 e. The van der Waals surface area contributed by atoms with Gasteiger partial charge in [0.05, 0.1) is 10.5 Å². The molecule has 0 fully saturated rings. The van der Waals surface area contributed by atoms with Crippen LogP contribution in [0, 0.1) is 0 Å². The number of sulfonamides is 1. The van der Waals surface area contributed by atoms with Gasteiger partial charge in [0.15, 0.2) is 12.4 Å². The third kappa shape index (κ3) is 5.10. The SMILES string of the molecule is CC[C@H](C)NS(=O)(=O)c1ccc(C(=O)OCC(=O)c2ccc3c(c2)CCC3)cc1. The van der Waals surface area contributed by atoms with Gasteiger partial charge in [-0.3, -0.25) is 4.79 Å². The minimum absolute atomic E-state index is 0.0727. The summed E-state index contributed by atoms with van der Waals surface area (Å²) in [6.45, 7) is 3.31. The van der Waals surface area contributed by atoms with Gasteiger partial charge in [-0.1, -0.05) is 19.1 Å². The fraction of sp³-hybridized carbons (Fsp3) is 0.364. The Kier molecular flexibility index (Phi) is 6.49. The number of hydrogen-bond donors (Lipinski definition) is 1. The highest BCUT2D eigenvalue weighted by Gasteiger charge is 2.19.